The topological polar surface area (TPSA) is 153 Å². The van der Waals surface area contributed by atoms with Crippen molar-refractivity contribution in [2.75, 3.05) is 39.3 Å². The van der Waals surface area contributed by atoms with Crippen molar-refractivity contribution in [1.82, 2.24) is 20.0 Å². The Balaban J connectivity index is 1.39. The van der Waals surface area contributed by atoms with E-state index < -0.39 is 5.97 Å². The van der Waals surface area contributed by atoms with Gasteiger partial charge in [0, 0.05) is 55.2 Å². The number of fused-ring (bicyclic) bond motifs is 1. The first-order valence-corrected chi connectivity index (χ1v) is 13.4. The van der Waals surface area contributed by atoms with E-state index in [-0.39, 0.29) is 70.8 Å². The first-order valence-electron chi connectivity index (χ1n) is 12.5. The van der Waals surface area contributed by atoms with Gasteiger partial charge >= 0.3 is 5.97 Å². The van der Waals surface area contributed by atoms with Gasteiger partial charge in [-0.1, -0.05) is 13.8 Å². The Morgan fingerprint density at radius 3 is 2.39 bits per heavy atom. The zero-order chi connectivity index (χ0) is 26.3. The zero-order valence-electron chi connectivity index (χ0n) is 20.9. The average Bonchev–Trinajstić information content (AvgIpc) is 3.39. The lowest BCUT2D eigenvalue weighted by atomic mass is 9.73. The van der Waals surface area contributed by atoms with E-state index in [1.54, 1.807) is 9.80 Å². The van der Waals surface area contributed by atoms with Crippen molar-refractivity contribution in [3.05, 3.63) is 10.6 Å². The summed E-state index contributed by atoms with van der Waals surface area (Å²) in [5, 5.41) is 13.2. The molecule has 0 saturated carbocycles. The quantitative estimate of drug-likeness (QED) is 0.358. The molecule has 0 radical (unpaired) electrons. The number of nitrogens with zero attached hydrogens (tertiary/aromatic N) is 3. The number of hydrogen-bond donors (Lipinski definition) is 3. The molecule has 11 nitrogen and oxygen atoms in total. The number of piperazine rings is 1. The molecule has 4 heterocycles. The van der Waals surface area contributed by atoms with E-state index >= 15 is 0 Å². The maximum atomic E-state index is 13.1. The maximum Gasteiger partial charge on any atom is 0.353 e. The molecule has 36 heavy (non-hydrogen) atoms. The van der Waals surface area contributed by atoms with Gasteiger partial charge in [0.05, 0.1) is 24.5 Å². The molecule has 0 bridgehead atoms. The van der Waals surface area contributed by atoms with Crippen LogP contribution in [0.4, 0.5) is 0 Å². The van der Waals surface area contributed by atoms with Crippen LogP contribution >= 0.6 is 11.8 Å². The highest BCUT2D eigenvalue weighted by molar-refractivity contribution is 8.03. The highest BCUT2D eigenvalue weighted by atomic mass is 32.2. The molecule has 3 fully saturated rings. The van der Waals surface area contributed by atoms with E-state index in [2.05, 4.69) is 5.32 Å². The molecule has 0 spiro atoms. The van der Waals surface area contributed by atoms with Gasteiger partial charge in [0.25, 0.3) is 0 Å². The fourth-order valence-electron chi connectivity index (χ4n) is 6.03. The molecular weight excluding hydrogens is 486 g/mol. The third kappa shape index (κ3) is 4.78. The molecule has 4 aliphatic rings. The number of amides is 3. The Morgan fingerprint density at radius 2 is 1.81 bits per heavy atom. The lowest BCUT2D eigenvalue weighted by molar-refractivity contribution is -0.160. The Labute approximate surface area is 214 Å². The van der Waals surface area contributed by atoms with Gasteiger partial charge in [-0.3, -0.25) is 14.4 Å². The SMILES string of the molecule is CC(=O)C[C@H](C)[C@H]1C(=O)N2C(C(=O)O)=C(S[C@@H]3CN[C@H](C(=O)N4CCN(C(=O)CN)CC4)C3)[C@H](C)[C@H]12. The smallest absolute Gasteiger partial charge is 0.353 e. The van der Waals surface area contributed by atoms with Crippen LogP contribution in [0, 0.1) is 17.8 Å². The van der Waals surface area contributed by atoms with Crippen molar-refractivity contribution in [1.29, 1.82) is 0 Å². The van der Waals surface area contributed by atoms with E-state index in [0.29, 0.717) is 50.5 Å². The normalized spacial score (nSPS) is 30.8. The molecular formula is C24H35N5O6S. The largest absolute Gasteiger partial charge is 0.477 e. The van der Waals surface area contributed by atoms with Gasteiger partial charge in [-0.15, -0.1) is 11.8 Å². The molecule has 4 aliphatic heterocycles. The van der Waals surface area contributed by atoms with Gasteiger partial charge in [0.1, 0.15) is 11.5 Å². The number of thioether (sulfide) groups is 1. The molecule has 4 rings (SSSR count). The van der Waals surface area contributed by atoms with Crippen molar-refractivity contribution in [3.63, 3.8) is 0 Å². The second-order valence-electron chi connectivity index (χ2n) is 10.3. The lowest BCUT2D eigenvalue weighted by Crippen LogP contribution is -2.62. The Bertz CT molecular complexity index is 993. The first kappa shape index (κ1) is 26.6. The lowest BCUT2D eigenvalue weighted by Gasteiger charge is -2.47. The predicted molar refractivity (Wildman–Crippen MR) is 132 cm³/mol. The Kier molecular flexibility index (Phi) is 7.77. The van der Waals surface area contributed by atoms with Gasteiger partial charge in [0.2, 0.25) is 17.7 Å². The van der Waals surface area contributed by atoms with Crippen molar-refractivity contribution < 1.29 is 29.1 Å². The van der Waals surface area contributed by atoms with Gasteiger partial charge in [-0.05, 0) is 19.3 Å². The van der Waals surface area contributed by atoms with E-state index in [1.807, 2.05) is 13.8 Å². The third-order valence-electron chi connectivity index (χ3n) is 7.81. The van der Waals surface area contributed by atoms with Crippen LogP contribution in [0.2, 0.25) is 0 Å². The van der Waals surface area contributed by atoms with Crippen LogP contribution in [0.3, 0.4) is 0 Å². The van der Waals surface area contributed by atoms with Crippen LogP contribution in [0.25, 0.3) is 0 Å². The number of hydrogen-bond acceptors (Lipinski definition) is 8. The number of aliphatic carboxylic acids is 1. The Morgan fingerprint density at radius 1 is 1.17 bits per heavy atom. The van der Waals surface area contributed by atoms with Crippen molar-refractivity contribution >= 4 is 41.2 Å². The summed E-state index contributed by atoms with van der Waals surface area (Å²) in [5.41, 5.74) is 5.47. The van der Waals surface area contributed by atoms with Crippen LogP contribution in [-0.2, 0) is 24.0 Å². The molecule has 0 unspecified atom stereocenters. The molecule has 198 valence electrons. The molecule has 12 heteroatoms. The maximum absolute atomic E-state index is 13.1. The summed E-state index contributed by atoms with van der Waals surface area (Å²) in [6, 6.07) is -0.619. The number of carbonyl (C=O) groups is 5. The van der Waals surface area contributed by atoms with E-state index in [0.717, 1.165) is 0 Å². The van der Waals surface area contributed by atoms with Gasteiger partial charge in [0.15, 0.2) is 0 Å². The molecule has 3 saturated heterocycles. The summed E-state index contributed by atoms with van der Waals surface area (Å²) in [6.07, 6.45) is 0.848. The Hall–Kier alpha value is -2.44. The number of β-lactam (4-membered cyclic amide) rings is 1. The highest BCUT2D eigenvalue weighted by Crippen LogP contribution is 2.53. The molecule has 0 aliphatic carbocycles. The van der Waals surface area contributed by atoms with Gasteiger partial charge < -0.3 is 35.7 Å². The van der Waals surface area contributed by atoms with Crippen molar-refractivity contribution in [3.8, 4) is 0 Å². The average molecular weight is 522 g/mol. The number of carboxylic acid groups (broad SMARTS) is 1. The minimum absolute atomic E-state index is 0.00671. The molecule has 4 N–H and O–H groups in total. The summed E-state index contributed by atoms with van der Waals surface area (Å²) in [4.78, 5) is 67.1. The zero-order valence-corrected chi connectivity index (χ0v) is 21.8. The third-order valence-corrected chi connectivity index (χ3v) is 9.33. The van der Waals surface area contributed by atoms with Crippen molar-refractivity contribution in [2.45, 2.75) is 50.9 Å². The minimum atomic E-state index is -1.12. The van der Waals surface area contributed by atoms with Crippen LogP contribution < -0.4 is 11.1 Å². The monoisotopic (exact) mass is 521 g/mol. The van der Waals surface area contributed by atoms with Crippen molar-refractivity contribution in [2.24, 2.45) is 23.5 Å². The van der Waals surface area contributed by atoms with E-state index in [4.69, 9.17) is 5.73 Å². The van der Waals surface area contributed by atoms with Gasteiger partial charge in [-0.25, -0.2) is 4.79 Å². The number of carboxylic acids is 1. The summed E-state index contributed by atoms with van der Waals surface area (Å²) >= 11 is 1.45. The number of Topliss-reactive ketones (excluding diaryl/α,β-unsaturated/α-hetero) is 1. The molecule has 3 amide bonds. The standard InChI is InChI=1S/C24H35N5O6S/c1-12(8-13(2)30)18-19-14(3)21(20(24(34)35)29(19)23(18)33)36-15-9-16(26-11-15)22(32)28-6-4-27(5-7-28)17(31)10-25/h12,14-16,18-19,26H,4-11,25H2,1-3H3,(H,34,35)/t12-,14+,15-,16-,18+,19+/m0/s1. The fraction of sp³-hybridized carbons (Fsp3) is 0.708. The molecule has 0 aromatic rings. The molecule has 0 aromatic carbocycles. The number of nitrogens with one attached hydrogen (secondary N) is 1. The number of nitrogens with two attached hydrogens (primary N) is 1. The van der Waals surface area contributed by atoms with Gasteiger partial charge in [-0.2, -0.15) is 0 Å². The van der Waals surface area contributed by atoms with Crippen LogP contribution in [-0.4, -0.2) is 106 Å². The highest BCUT2D eigenvalue weighted by Gasteiger charge is 2.60. The van der Waals surface area contributed by atoms with Crippen LogP contribution in [0.15, 0.2) is 10.6 Å². The molecule has 0 aromatic heterocycles. The number of carbonyl (C=O) groups excluding carboxylic acids is 4. The second kappa shape index (κ2) is 10.5. The minimum Gasteiger partial charge on any atom is -0.477 e. The van der Waals surface area contributed by atoms with E-state index in [1.165, 1.54) is 23.6 Å². The first-order chi connectivity index (χ1) is 17.0. The molecule has 6 atom stereocenters. The van der Waals surface area contributed by atoms with E-state index in [9.17, 15) is 29.1 Å². The number of rotatable bonds is 8. The predicted octanol–water partition coefficient (Wildman–Crippen LogP) is -0.532. The number of ketones is 1. The summed E-state index contributed by atoms with van der Waals surface area (Å²) in [7, 11) is 0. The summed E-state index contributed by atoms with van der Waals surface area (Å²) < 4.78 is 0. The summed E-state index contributed by atoms with van der Waals surface area (Å²) in [5.74, 6) is -2.12. The summed E-state index contributed by atoms with van der Waals surface area (Å²) in [6.45, 7) is 7.70. The van der Waals surface area contributed by atoms with Crippen LogP contribution in [0.1, 0.15) is 33.6 Å². The fourth-order valence-corrected chi connectivity index (χ4v) is 7.51. The second-order valence-corrected chi connectivity index (χ2v) is 11.6. The van der Waals surface area contributed by atoms with Crippen LogP contribution in [0.5, 0.6) is 0 Å².